The SMILES string of the molecule is COc1ccc(C(N)=S)cc1CN(CCO)C1CCC1. The number of benzene rings is 1. The Morgan fingerprint density at radius 2 is 2.25 bits per heavy atom. The van der Waals surface area contributed by atoms with Gasteiger partial charge < -0.3 is 15.6 Å². The van der Waals surface area contributed by atoms with Crippen LogP contribution in [0, 0.1) is 0 Å². The number of ether oxygens (including phenoxy) is 1. The molecular weight excluding hydrogens is 272 g/mol. The Morgan fingerprint density at radius 3 is 2.75 bits per heavy atom. The molecule has 0 unspecified atom stereocenters. The highest BCUT2D eigenvalue weighted by Crippen LogP contribution is 2.28. The van der Waals surface area contributed by atoms with E-state index in [1.807, 2.05) is 18.2 Å². The molecule has 0 aromatic heterocycles. The number of hydrogen-bond donors (Lipinski definition) is 2. The van der Waals surface area contributed by atoms with Gasteiger partial charge in [-0.25, -0.2) is 0 Å². The zero-order chi connectivity index (χ0) is 14.5. The van der Waals surface area contributed by atoms with Crippen LogP contribution in [-0.2, 0) is 6.54 Å². The van der Waals surface area contributed by atoms with Crippen LogP contribution < -0.4 is 10.5 Å². The highest BCUT2D eigenvalue weighted by molar-refractivity contribution is 7.80. The van der Waals surface area contributed by atoms with Crippen LogP contribution in [-0.4, -0.2) is 41.3 Å². The van der Waals surface area contributed by atoms with E-state index in [9.17, 15) is 5.11 Å². The molecule has 1 aliphatic carbocycles. The summed E-state index contributed by atoms with van der Waals surface area (Å²) in [4.78, 5) is 2.70. The number of rotatable bonds is 7. The minimum Gasteiger partial charge on any atom is -0.496 e. The first kappa shape index (κ1) is 15.2. The number of nitrogens with two attached hydrogens (primary N) is 1. The van der Waals surface area contributed by atoms with Crippen molar-refractivity contribution in [2.45, 2.75) is 31.8 Å². The Balaban J connectivity index is 2.19. The van der Waals surface area contributed by atoms with Crippen molar-refractivity contribution in [2.75, 3.05) is 20.3 Å². The summed E-state index contributed by atoms with van der Waals surface area (Å²) in [7, 11) is 1.67. The highest BCUT2D eigenvalue weighted by atomic mass is 32.1. The molecule has 0 aliphatic heterocycles. The van der Waals surface area contributed by atoms with Gasteiger partial charge in [-0.1, -0.05) is 18.6 Å². The smallest absolute Gasteiger partial charge is 0.123 e. The van der Waals surface area contributed by atoms with Gasteiger partial charge >= 0.3 is 0 Å². The molecule has 0 bridgehead atoms. The molecule has 0 radical (unpaired) electrons. The lowest BCUT2D eigenvalue weighted by Crippen LogP contribution is -2.41. The molecule has 5 heteroatoms. The highest BCUT2D eigenvalue weighted by Gasteiger charge is 2.25. The van der Waals surface area contributed by atoms with Crippen LogP contribution in [0.3, 0.4) is 0 Å². The maximum atomic E-state index is 9.24. The van der Waals surface area contributed by atoms with Crippen LogP contribution in [0.1, 0.15) is 30.4 Å². The summed E-state index contributed by atoms with van der Waals surface area (Å²) in [6.45, 7) is 1.61. The van der Waals surface area contributed by atoms with Gasteiger partial charge in [-0.3, -0.25) is 4.90 Å². The Morgan fingerprint density at radius 1 is 1.50 bits per heavy atom. The number of thiocarbonyl (C=S) groups is 1. The topological polar surface area (TPSA) is 58.7 Å². The van der Waals surface area contributed by atoms with Crippen molar-refractivity contribution in [3.8, 4) is 5.75 Å². The minimum atomic E-state index is 0.174. The maximum absolute atomic E-state index is 9.24. The van der Waals surface area contributed by atoms with Crippen LogP contribution >= 0.6 is 12.2 Å². The van der Waals surface area contributed by atoms with E-state index in [0.717, 1.165) is 23.4 Å². The summed E-state index contributed by atoms with van der Waals surface area (Å²) in [5.74, 6) is 0.840. The van der Waals surface area contributed by atoms with Gasteiger partial charge in [0.05, 0.1) is 13.7 Å². The van der Waals surface area contributed by atoms with E-state index in [1.54, 1.807) is 7.11 Å². The van der Waals surface area contributed by atoms with Gasteiger partial charge in [0.1, 0.15) is 10.7 Å². The molecule has 110 valence electrons. The van der Waals surface area contributed by atoms with Crippen LogP contribution in [0.15, 0.2) is 18.2 Å². The normalized spacial score (nSPS) is 15.2. The Kier molecular flexibility index (Phi) is 5.34. The van der Waals surface area contributed by atoms with E-state index in [1.165, 1.54) is 19.3 Å². The zero-order valence-electron chi connectivity index (χ0n) is 11.8. The van der Waals surface area contributed by atoms with Crippen LogP contribution in [0.2, 0.25) is 0 Å². The largest absolute Gasteiger partial charge is 0.496 e. The Bertz CT molecular complexity index is 475. The fourth-order valence-electron chi connectivity index (χ4n) is 2.55. The number of nitrogens with zero attached hydrogens (tertiary/aromatic N) is 1. The predicted octanol–water partition coefficient (Wildman–Crippen LogP) is 1.68. The molecule has 0 saturated heterocycles. The summed E-state index contributed by atoms with van der Waals surface area (Å²) in [6, 6.07) is 6.34. The lowest BCUT2D eigenvalue weighted by Gasteiger charge is -2.37. The van der Waals surface area contributed by atoms with E-state index in [0.29, 0.717) is 17.6 Å². The summed E-state index contributed by atoms with van der Waals surface area (Å²) in [6.07, 6.45) is 3.69. The lowest BCUT2D eigenvalue weighted by atomic mass is 9.91. The third-order valence-electron chi connectivity index (χ3n) is 3.92. The molecule has 0 atom stereocenters. The third kappa shape index (κ3) is 3.48. The van der Waals surface area contributed by atoms with E-state index in [-0.39, 0.29) is 6.61 Å². The minimum absolute atomic E-state index is 0.174. The van der Waals surface area contributed by atoms with Crippen molar-refractivity contribution >= 4 is 17.2 Å². The molecule has 20 heavy (non-hydrogen) atoms. The molecule has 1 aliphatic rings. The number of aliphatic hydroxyl groups is 1. The van der Waals surface area contributed by atoms with E-state index < -0.39 is 0 Å². The lowest BCUT2D eigenvalue weighted by molar-refractivity contribution is 0.0937. The molecule has 1 aromatic rings. The van der Waals surface area contributed by atoms with Crippen molar-refractivity contribution < 1.29 is 9.84 Å². The van der Waals surface area contributed by atoms with Crippen molar-refractivity contribution in [1.82, 2.24) is 4.90 Å². The van der Waals surface area contributed by atoms with Gasteiger partial charge in [-0.2, -0.15) is 0 Å². The van der Waals surface area contributed by atoms with E-state index in [4.69, 9.17) is 22.7 Å². The second-order valence-corrected chi connectivity index (χ2v) is 5.61. The summed E-state index contributed by atoms with van der Waals surface area (Å²) in [5, 5.41) is 9.24. The molecule has 1 aromatic carbocycles. The van der Waals surface area contributed by atoms with Crippen LogP contribution in [0.4, 0.5) is 0 Å². The molecule has 3 N–H and O–H groups in total. The number of hydrogen-bond acceptors (Lipinski definition) is 4. The average Bonchev–Trinajstić information content (AvgIpc) is 2.36. The molecule has 0 spiro atoms. The second kappa shape index (κ2) is 7.02. The molecule has 4 nitrogen and oxygen atoms in total. The monoisotopic (exact) mass is 294 g/mol. The fourth-order valence-corrected chi connectivity index (χ4v) is 2.67. The quantitative estimate of drug-likeness (QED) is 0.749. The van der Waals surface area contributed by atoms with Gasteiger partial charge in [0.25, 0.3) is 0 Å². The fraction of sp³-hybridized carbons (Fsp3) is 0.533. The number of aliphatic hydroxyl groups excluding tert-OH is 1. The summed E-state index contributed by atoms with van der Waals surface area (Å²) < 4.78 is 5.42. The van der Waals surface area contributed by atoms with Crippen molar-refractivity contribution in [3.63, 3.8) is 0 Å². The molecule has 0 amide bonds. The first-order chi connectivity index (χ1) is 9.65. The van der Waals surface area contributed by atoms with Crippen LogP contribution in [0.25, 0.3) is 0 Å². The Hall–Kier alpha value is -1.17. The summed E-state index contributed by atoms with van der Waals surface area (Å²) >= 11 is 5.03. The zero-order valence-corrected chi connectivity index (χ0v) is 12.7. The Labute approximate surface area is 125 Å². The summed E-state index contributed by atoms with van der Waals surface area (Å²) in [5.41, 5.74) is 7.62. The van der Waals surface area contributed by atoms with E-state index >= 15 is 0 Å². The standard InChI is InChI=1S/C15H22N2O2S/c1-19-14-6-5-11(15(16)20)9-12(14)10-17(7-8-18)13-3-2-4-13/h5-6,9,13,18H,2-4,7-8,10H2,1H3,(H2,16,20). The van der Waals surface area contributed by atoms with Gasteiger partial charge in [-0.05, 0) is 31.0 Å². The second-order valence-electron chi connectivity index (χ2n) is 5.17. The van der Waals surface area contributed by atoms with Gasteiger partial charge in [0.2, 0.25) is 0 Å². The average molecular weight is 294 g/mol. The van der Waals surface area contributed by atoms with E-state index in [2.05, 4.69) is 4.90 Å². The predicted molar refractivity (Wildman–Crippen MR) is 84.0 cm³/mol. The molecule has 2 rings (SSSR count). The molecule has 1 saturated carbocycles. The third-order valence-corrected chi connectivity index (χ3v) is 4.15. The molecular formula is C15H22N2O2S. The number of methoxy groups -OCH3 is 1. The molecule has 1 fully saturated rings. The first-order valence-corrected chi connectivity index (χ1v) is 7.38. The van der Waals surface area contributed by atoms with Crippen molar-refractivity contribution in [3.05, 3.63) is 29.3 Å². The van der Waals surface area contributed by atoms with Crippen molar-refractivity contribution in [2.24, 2.45) is 5.73 Å². The molecule has 0 heterocycles. The maximum Gasteiger partial charge on any atom is 0.123 e. The van der Waals surface area contributed by atoms with Gasteiger partial charge in [-0.15, -0.1) is 0 Å². The van der Waals surface area contributed by atoms with Crippen LogP contribution in [0.5, 0.6) is 5.75 Å². The van der Waals surface area contributed by atoms with Gasteiger partial charge in [0, 0.05) is 30.3 Å². The van der Waals surface area contributed by atoms with Crippen molar-refractivity contribution in [1.29, 1.82) is 0 Å². The van der Waals surface area contributed by atoms with Gasteiger partial charge in [0.15, 0.2) is 0 Å². The first-order valence-electron chi connectivity index (χ1n) is 6.97.